The first kappa shape index (κ1) is 17.7. The van der Waals surface area contributed by atoms with Crippen LogP contribution in [0.1, 0.15) is 45.7 Å². The smallest absolute Gasteiger partial charge is 0.340 e. The predicted molar refractivity (Wildman–Crippen MR) is 95.7 cm³/mol. The van der Waals surface area contributed by atoms with Crippen LogP contribution in [-0.2, 0) is 4.74 Å². The maximum absolute atomic E-state index is 13.1. The highest BCUT2D eigenvalue weighted by atomic mass is 16.5. The van der Waals surface area contributed by atoms with Crippen LogP contribution in [0, 0.1) is 13.8 Å². The second-order valence-electron chi connectivity index (χ2n) is 5.53. The van der Waals surface area contributed by atoms with Crippen molar-refractivity contribution in [2.45, 2.75) is 27.7 Å². The van der Waals surface area contributed by atoms with Gasteiger partial charge in [-0.1, -0.05) is 24.3 Å². The summed E-state index contributed by atoms with van der Waals surface area (Å²) in [6, 6.07) is 12.7. The van der Waals surface area contributed by atoms with Gasteiger partial charge in [0.25, 0.3) is 5.91 Å². The molecule has 0 unspecified atom stereocenters. The number of hydrogen-bond acceptors (Lipinski definition) is 3. The van der Waals surface area contributed by atoms with Gasteiger partial charge in [-0.3, -0.25) is 4.79 Å². The Kier molecular flexibility index (Phi) is 5.74. The van der Waals surface area contributed by atoms with E-state index >= 15 is 0 Å². The van der Waals surface area contributed by atoms with Gasteiger partial charge in [-0.25, -0.2) is 4.79 Å². The van der Waals surface area contributed by atoms with Gasteiger partial charge >= 0.3 is 5.97 Å². The first-order chi connectivity index (χ1) is 11.5. The van der Waals surface area contributed by atoms with Crippen LogP contribution in [0.15, 0.2) is 42.5 Å². The SMILES string of the molecule is CCOC(=O)c1ccccc1N(CC)C(=O)c1cccc(C)c1C. The van der Waals surface area contributed by atoms with Crippen LogP contribution in [0.5, 0.6) is 0 Å². The molecule has 24 heavy (non-hydrogen) atoms. The molecule has 1 amide bonds. The number of aryl methyl sites for hydroxylation is 1. The van der Waals surface area contributed by atoms with Gasteiger partial charge in [0.1, 0.15) is 0 Å². The van der Waals surface area contributed by atoms with E-state index in [-0.39, 0.29) is 5.91 Å². The summed E-state index contributed by atoms with van der Waals surface area (Å²) in [5.41, 5.74) is 3.64. The second kappa shape index (κ2) is 7.77. The summed E-state index contributed by atoms with van der Waals surface area (Å²) in [7, 11) is 0. The molecule has 2 rings (SSSR count). The lowest BCUT2D eigenvalue weighted by Crippen LogP contribution is -2.32. The largest absolute Gasteiger partial charge is 0.462 e. The molecule has 0 radical (unpaired) electrons. The predicted octanol–water partition coefficient (Wildman–Crippen LogP) is 4.15. The zero-order valence-electron chi connectivity index (χ0n) is 14.6. The van der Waals surface area contributed by atoms with E-state index in [0.29, 0.717) is 30.0 Å². The molecule has 0 aromatic heterocycles. The van der Waals surface area contributed by atoms with Crippen LogP contribution in [0.3, 0.4) is 0 Å². The summed E-state index contributed by atoms with van der Waals surface area (Å²) in [5.74, 6) is -0.532. The molecular formula is C20H23NO3. The van der Waals surface area contributed by atoms with Crippen molar-refractivity contribution >= 4 is 17.6 Å². The van der Waals surface area contributed by atoms with Crippen molar-refractivity contribution < 1.29 is 14.3 Å². The fraction of sp³-hybridized carbons (Fsp3) is 0.300. The number of carbonyl (C=O) groups excluding carboxylic acids is 2. The summed E-state index contributed by atoms with van der Waals surface area (Å²) >= 11 is 0. The van der Waals surface area contributed by atoms with Crippen LogP contribution in [0.2, 0.25) is 0 Å². The number of amides is 1. The topological polar surface area (TPSA) is 46.6 Å². The third-order valence-electron chi connectivity index (χ3n) is 4.09. The van der Waals surface area contributed by atoms with Crippen molar-refractivity contribution in [3.8, 4) is 0 Å². The quantitative estimate of drug-likeness (QED) is 0.776. The third-order valence-corrected chi connectivity index (χ3v) is 4.09. The van der Waals surface area contributed by atoms with Crippen LogP contribution < -0.4 is 4.90 Å². The van der Waals surface area contributed by atoms with Crippen molar-refractivity contribution in [1.29, 1.82) is 0 Å². The molecule has 0 saturated heterocycles. The fourth-order valence-corrected chi connectivity index (χ4v) is 2.64. The van der Waals surface area contributed by atoms with E-state index in [1.807, 2.05) is 45.0 Å². The van der Waals surface area contributed by atoms with Gasteiger partial charge in [-0.15, -0.1) is 0 Å². The molecule has 126 valence electrons. The van der Waals surface area contributed by atoms with E-state index in [2.05, 4.69) is 0 Å². The van der Waals surface area contributed by atoms with E-state index in [9.17, 15) is 9.59 Å². The lowest BCUT2D eigenvalue weighted by molar-refractivity contribution is 0.0527. The highest BCUT2D eigenvalue weighted by Gasteiger charge is 2.23. The van der Waals surface area contributed by atoms with E-state index in [4.69, 9.17) is 4.74 Å². The minimum atomic E-state index is -0.416. The summed E-state index contributed by atoms with van der Waals surface area (Å²) in [4.78, 5) is 26.9. The molecule has 0 bridgehead atoms. The first-order valence-corrected chi connectivity index (χ1v) is 8.15. The zero-order chi connectivity index (χ0) is 17.7. The van der Waals surface area contributed by atoms with E-state index in [1.165, 1.54) is 0 Å². The number of rotatable bonds is 5. The average molecular weight is 325 g/mol. The van der Waals surface area contributed by atoms with Crippen LogP contribution in [0.25, 0.3) is 0 Å². The maximum Gasteiger partial charge on any atom is 0.340 e. The number of anilines is 1. The molecule has 4 nitrogen and oxygen atoms in total. The van der Waals surface area contributed by atoms with Crippen LogP contribution in [0.4, 0.5) is 5.69 Å². The Balaban J connectivity index is 2.47. The average Bonchev–Trinajstić information content (AvgIpc) is 2.58. The summed E-state index contributed by atoms with van der Waals surface area (Å²) in [6.07, 6.45) is 0. The fourth-order valence-electron chi connectivity index (χ4n) is 2.64. The minimum absolute atomic E-state index is 0.115. The molecule has 0 fully saturated rings. The summed E-state index contributed by atoms with van der Waals surface area (Å²) < 4.78 is 5.11. The van der Waals surface area contributed by atoms with E-state index in [0.717, 1.165) is 11.1 Å². The van der Waals surface area contributed by atoms with Crippen molar-refractivity contribution in [2.75, 3.05) is 18.1 Å². The minimum Gasteiger partial charge on any atom is -0.462 e. The number of benzene rings is 2. The molecular weight excluding hydrogens is 302 g/mol. The Labute approximate surface area is 143 Å². The molecule has 0 spiro atoms. The number of para-hydroxylation sites is 1. The van der Waals surface area contributed by atoms with Crippen molar-refractivity contribution in [2.24, 2.45) is 0 Å². The van der Waals surface area contributed by atoms with Gasteiger partial charge in [0.05, 0.1) is 17.9 Å². The van der Waals surface area contributed by atoms with Crippen molar-refractivity contribution in [3.63, 3.8) is 0 Å². The second-order valence-corrected chi connectivity index (χ2v) is 5.53. The van der Waals surface area contributed by atoms with Gasteiger partial charge in [0.15, 0.2) is 0 Å². The highest BCUT2D eigenvalue weighted by molar-refractivity contribution is 6.10. The Hall–Kier alpha value is -2.62. The molecule has 0 aliphatic heterocycles. The number of nitrogens with zero attached hydrogens (tertiary/aromatic N) is 1. The Morgan fingerprint density at radius 2 is 1.62 bits per heavy atom. The lowest BCUT2D eigenvalue weighted by Gasteiger charge is -2.24. The normalized spacial score (nSPS) is 10.3. The number of hydrogen-bond donors (Lipinski definition) is 0. The molecule has 0 aliphatic rings. The standard InChI is InChI=1S/C20H23NO3/c1-5-21(19(22)16-12-9-10-14(3)15(16)4)18-13-8-7-11-17(18)20(23)24-6-2/h7-13H,5-6H2,1-4H3. The van der Waals surface area contributed by atoms with Gasteiger partial charge < -0.3 is 9.64 Å². The number of carbonyl (C=O) groups is 2. The third kappa shape index (κ3) is 3.48. The van der Waals surface area contributed by atoms with Crippen LogP contribution >= 0.6 is 0 Å². The van der Waals surface area contributed by atoms with E-state index in [1.54, 1.807) is 30.0 Å². The van der Waals surface area contributed by atoms with Gasteiger partial charge in [-0.05, 0) is 57.0 Å². The molecule has 0 saturated carbocycles. The number of ether oxygens (including phenoxy) is 1. The molecule has 0 N–H and O–H groups in total. The van der Waals surface area contributed by atoms with Gasteiger partial charge in [-0.2, -0.15) is 0 Å². The van der Waals surface area contributed by atoms with Crippen molar-refractivity contribution in [1.82, 2.24) is 0 Å². The molecule has 0 heterocycles. The molecule has 4 heteroatoms. The molecule has 0 aliphatic carbocycles. The molecule has 0 atom stereocenters. The van der Waals surface area contributed by atoms with Crippen molar-refractivity contribution in [3.05, 3.63) is 64.7 Å². The maximum atomic E-state index is 13.1. The van der Waals surface area contributed by atoms with Gasteiger partial charge in [0, 0.05) is 12.1 Å². The lowest BCUT2D eigenvalue weighted by atomic mass is 10.0. The Bertz CT molecular complexity index is 752. The Morgan fingerprint density at radius 1 is 0.958 bits per heavy atom. The summed E-state index contributed by atoms with van der Waals surface area (Å²) in [6.45, 7) is 8.33. The van der Waals surface area contributed by atoms with E-state index < -0.39 is 5.97 Å². The number of esters is 1. The Morgan fingerprint density at radius 3 is 2.29 bits per heavy atom. The summed E-state index contributed by atoms with van der Waals surface area (Å²) in [5, 5.41) is 0. The monoisotopic (exact) mass is 325 g/mol. The van der Waals surface area contributed by atoms with Gasteiger partial charge in [0.2, 0.25) is 0 Å². The van der Waals surface area contributed by atoms with Crippen LogP contribution in [-0.4, -0.2) is 25.0 Å². The zero-order valence-corrected chi connectivity index (χ0v) is 14.6. The highest BCUT2D eigenvalue weighted by Crippen LogP contribution is 2.25. The molecule has 2 aromatic rings. The first-order valence-electron chi connectivity index (χ1n) is 8.15. The molecule has 2 aromatic carbocycles.